The van der Waals surface area contributed by atoms with Gasteiger partial charge in [-0.3, -0.25) is 24.1 Å². The highest BCUT2D eigenvalue weighted by atomic mass is 19.4. The minimum atomic E-state index is -4.82. The average Bonchev–Trinajstić information content (AvgIpc) is 3.01. The van der Waals surface area contributed by atoms with Gasteiger partial charge < -0.3 is 14.4 Å². The van der Waals surface area contributed by atoms with Gasteiger partial charge in [0.1, 0.15) is 17.3 Å². The van der Waals surface area contributed by atoms with Crippen LogP contribution >= 0.6 is 0 Å². The molecular formula is C32H28F3N5O4. The quantitative estimate of drug-likeness (QED) is 0.199. The molecule has 226 valence electrons. The zero-order valence-electron chi connectivity index (χ0n) is 23.9. The molecule has 9 nitrogen and oxygen atoms in total. The average molecular weight is 604 g/mol. The Balaban J connectivity index is 1.56. The molecule has 12 heteroatoms. The highest BCUT2D eigenvalue weighted by Crippen LogP contribution is 2.27. The third-order valence-electron chi connectivity index (χ3n) is 6.85. The van der Waals surface area contributed by atoms with Gasteiger partial charge in [-0.2, -0.15) is 0 Å². The van der Waals surface area contributed by atoms with Crippen LogP contribution in [-0.2, 0) is 17.8 Å². The predicted molar refractivity (Wildman–Crippen MR) is 156 cm³/mol. The van der Waals surface area contributed by atoms with Crippen LogP contribution in [0.4, 0.5) is 13.2 Å². The maximum absolute atomic E-state index is 13.9. The van der Waals surface area contributed by atoms with Crippen molar-refractivity contribution in [3.63, 3.8) is 0 Å². The monoisotopic (exact) mass is 603 g/mol. The van der Waals surface area contributed by atoms with E-state index in [0.29, 0.717) is 40.3 Å². The molecule has 0 radical (unpaired) electrons. The molecule has 0 fully saturated rings. The first-order valence-electron chi connectivity index (χ1n) is 13.8. The van der Waals surface area contributed by atoms with Crippen molar-refractivity contribution in [2.24, 2.45) is 0 Å². The summed E-state index contributed by atoms with van der Waals surface area (Å²) < 4.78 is 48.8. The lowest BCUT2D eigenvalue weighted by molar-refractivity contribution is -0.274. The molecule has 0 saturated carbocycles. The molecule has 5 rings (SSSR count). The molecular weight excluding hydrogens is 575 g/mol. The molecule has 0 unspecified atom stereocenters. The summed E-state index contributed by atoms with van der Waals surface area (Å²) >= 11 is 0. The van der Waals surface area contributed by atoms with Gasteiger partial charge in [-0.15, -0.1) is 13.2 Å². The van der Waals surface area contributed by atoms with E-state index >= 15 is 0 Å². The lowest BCUT2D eigenvalue weighted by atomic mass is 10.1. The Morgan fingerprint density at radius 1 is 0.932 bits per heavy atom. The normalized spacial score (nSPS) is 12.1. The molecule has 0 saturated heterocycles. The first-order valence-corrected chi connectivity index (χ1v) is 13.8. The fourth-order valence-corrected chi connectivity index (χ4v) is 4.80. The van der Waals surface area contributed by atoms with Crippen molar-refractivity contribution in [3.8, 4) is 17.2 Å². The molecule has 1 amide bonds. The van der Waals surface area contributed by atoms with Gasteiger partial charge in [0, 0.05) is 25.1 Å². The summed E-state index contributed by atoms with van der Waals surface area (Å²) in [5, 5.41) is 0.358. The van der Waals surface area contributed by atoms with Crippen molar-refractivity contribution in [2.75, 3.05) is 6.61 Å². The second-order valence-corrected chi connectivity index (χ2v) is 9.86. The van der Waals surface area contributed by atoms with Gasteiger partial charge >= 0.3 is 6.36 Å². The number of fused-ring (bicyclic) bond motifs is 1. The van der Waals surface area contributed by atoms with Crippen molar-refractivity contribution in [1.29, 1.82) is 0 Å². The van der Waals surface area contributed by atoms with E-state index in [-0.39, 0.29) is 30.2 Å². The van der Waals surface area contributed by atoms with Crippen molar-refractivity contribution >= 4 is 16.8 Å². The number of carbonyl (C=O) groups excluding carboxylic acids is 1. The van der Waals surface area contributed by atoms with Crippen LogP contribution in [0, 0.1) is 0 Å². The summed E-state index contributed by atoms with van der Waals surface area (Å²) in [6.45, 7) is 4.25. The number of carbonyl (C=O) groups is 1. The predicted octanol–water partition coefficient (Wildman–Crippen LogP) is 5.81. The molecule has 0 N–H and O–H groups in total. The number of hydrogen-bond acceptors (Lipinski definition) is 7. The Bertz CT molecular complexity index is 1790. The molecule has 44 heavy (non-hydrogen) atoms. The first-order chi connectivity index (χ1) is 21.1. The second-order valence-electron chi connectivity index (χ2n) is 9.86. The summed E-state index contributed by atoms with van der Waals surface area (Å²) in [6, 6.07) is 16.5. The van der Waals surface area contributed by atoms with Crippen LogP contribution in [0.5, 0.6) is 11.5 Å². The molecule has 3 heterocycles. The number of ether oxygens (including phenoxy) is 2. The standard InChI is InChI=1S/C32H28F3N5O4/c1-3-43-25-12-8-24(9-13-25)40-30(38-28-19-37-16-14-27(28)31(40)42)21(2)39(20-23-5-4-15-36-18-23)29(41)17-22-6-10-26(11-7-22)44-32(33,34)35/h4-16,18-19,21H,3,17,20H2,1-2H3/t21-/m1/s1. The van der Waals surface area contributed by atoms with Gasteiger partial charge in [-0.25, -0.2) is 4.98 Å². The molecule has 2 aromatic carbocycles. The number of alkyl halides is 3. The Hall–Kier alpha value is -5.26. The van der Waals surface area contributed by atoms with Crippen molar-refractivity contribution in [3.05, 3.63) is 119 Å². The van der Waals surface area contributed by atoms with E-state index in [0.717, 1.165) is 17.7 Å². The van der Waals surface area contributed by atoms with Gasteiger partial charge in [0.25, 0.3) is 5.56 Å². The van der Waals surface area contributed by atoms with E-state index < -0.39 is 12.4 Å². The van der Waals surface area contributed by atoms with E-state index in [2.05, 4.69) is 14.7 Å². The number of nitrogens with zero attached hydrogens (tertiary/aromatic N) is 5. The summed E-state index contributed by atoms with van der Waals surface area (Å²) in [6.07, 6.45) is 1.31. The zero-order valence-corrected chi connectivity index (χ0v) is 23.9. The van der Waals surface area contributed by atoms with Crippen molar-refractivity contribution in [1.82, 2.24) is 24.4 Å². The lowest BCUT2D eigenvalue weighted by Crippen LogP contribution is -2.38. The van der Waals surface area contributed by atoms with Crippen LogP contribution in [-0.4, -0.2) is 43.3 Å². The number of halogens is 3. The minimum absolute atomic E-state index is 0.126. The van der Waals surface area contributed by atoms with Crippen LogP contribution < -0.4 is 15.0 Å². The van der Waals surface area contributed by atoms with Gasteiger partial charge in [0.2, 0.25) is 5.91 Å². The van der Waals surface area contributed by atoms with E-state index in [9.17, 15) is 22.8 Å². The maximum atomic E-state index is 13.9. The number of aromatic nitrogens is 4. The maximum Gasteiger partial charge on any atom is 0.573 e. The Morgan fingerprint density at radius 3 is 2.30 bits per heavy atom. The highest BCUT2D eigenvalue weighted by molar-refractivity contribution is 5.80. The first kappa shape index (κ1) is 30.2. The smallest absolute Gasteiger partial charge is 0.494 e. The lowest BCUT2D eigenvalue weighted by Gasteiger charge is -2.31. The molecule has 5 aromatic rings. The minimum Gasteiger partial charge on any atom is -0.494 e. The Labute approximate surface area is 250 Å². The van der Waals surface area contributed by atoms with Crippen molar-refractivity contribution < 1.29 is 27.4 Å². The van der Waals surface area contributed by atoms with E-state index in [4.69, 9.17) is 9.72 Å². The number of rotatable bonds is 10. The van der Waals surface area contributed by atoms with E-state index in [1.54, 1.807) is 60.6 Å². The second kappa shape index (κ2) is 12.9. The van der Waals surface area contributed by atoms with Gasteiger partial charge in [-0.05, 0) is 73.5 Å². The molecule has 0 aliphatic rings. The van der Waals surface area contributed by atoms with Crippen LogP contribution in [0.2, 0.25) is 0 Å². The van der Waals surface area contributed by atoms with Crippen LogP contribution in [0.1, 0.15) is 36.8 Å². The fourth-order valence-electron chi connectivity index (χ4n) is 4.80. The van der Waals surface area contributed by atoms with Gasteiger partial charge in [-0.1, -0.05) is 18.2 Å². The summed E-state index contributed by atoms with van der Waals surface area (Å²) in [5.74, 6) is 0.204. The Kier molecular flexibility index (Phi) is 8.88. The number of hydrogen-bond donors (Lipinski definition) is 0. The SMILES string of the molecule is CCOc1ccc(-n2c([C@@H](C)N(Cc3cccnc3)C(=O)Cc3ccc(OC(F)(F)F)cc3)nc3cnccc3c2=O)cc1. The summed E-state index contributed by atoms with van der Waals surface area (Å²) in [4.78, 5) is 42.5. The molecule has 1 atom stereocenters. The summed E-state index contributed by atoms with van der Waals surface area (Å²) in [5.41, 5.74) is 1.78. The molecule has 0 aliphatic carbocycles. The molecule has 0 bridgehead atoms. The summed E-state index contributed by atoms with van der Waals surface area (Å²) in [7, 11) is 0. The largest absolute Gasteiger partial charge is 0.573 e. The molecule has 0 spiro atoms. The molecule has 0 aliphatic heterocycles. The van der Waals surface area contributed by atoms with Crippen LogP contribution in [0.25, 0.3) is 16.6 Å². The zero-order chi connectivity index (χ0) is 31.3. The van der Waals surface area contributed by atoms with Crippen LogP contribution in [0.15, 0.2) is 96.3 Å². The third-order valence-corrected chi connectivity index (χ3v) is 6.85. The highest BCUT2D eigenvalue weighted by Gasteiger charge is 2.31. The van der Waals surface area contributed by atoms with Crippen LogP contribution in [0.3, 0.4) is 0 Å². The third kappa shape index (κ3) is 7.02. The number of pyridine rings is 2. The molecule has 3 aromatic heterocycles. The topological polar surface area (TPSA) is 99.4 Å². The van der Waals surface area contributed by atoms with Gasteiger partial charge in [0.05, 0.1) is 41.9 Å². The van der Waals surface area contributed by atoms with Gasteiger partial charge in [0.15, 0.2) is 0 Å². The number of amides is 1. The fraction of sp³-hybridized carbons (Fsp3) is 0.219. The Morgan fingerprint density at radius 2 is 1.64 bits per heavy atom. The van der Waals surface area contributed by atoms with Crippen molar-refractivity contribution in [2.45, 2.75) is 39.2 Å². The van der Waals surface area contributed by atoms with E-state index in [1.807, 2.05) is 13.0 Å². The van der Waals surface area contributed by atoms with E-state index in [1.165, 1.54) is 29.1 Å². The number of benzene rings is 2.